The zero-order chi connectivity index (χ0) is 20.1. The van der Waals surface area contributed by atoms with Gasteiger partial charge in [-0.25, -0.2) is 0 Å². The van der Waals surface area contributed by atoms with E-state index in [9.17, 15) is 5.11 Å². The number of methoxy groups -OCH3 is 2. The maximum atomic E-state index is 9.59. The molecule has 1 aromatic heterocycles. The molecule has 0 spiro atoms. The smallest absolute Gasteiger partial charge is 0.122 e. The minimum absolute atomic E-state index is 0.197. The fraction of sp³-hybridized carbons (Fsp3) is 0.571. The first-order valence-corrected chi connectivity index (χ1v) is 9.80. The average molecular weight is 389 g/mol. The molecule has 2 heterocycles. The van der Waals surface area contributed by atoms with Crippen molar-refractivity contribution in [2.75, 3.05) is 40.5 Å². The molecule has 0 aliphatic carbocycles. The minimum atomic E-state index is 0.197. The fourth-order valence-corrected chi connectivity index (χ4v) is 3.97. The van der Waals surface area contributed by atoms with Crippen molar-refractivity contribution < 1.29 is 14.6 Å². The van der Waals surface area contributed by atoms with Crippen LogP contribution >= 0.6 is 0 Å². The van der Waals surface area contributed by atoms with Gasteiger partial charge in [-0.1, -0.05) is 0 Å². The van der Waals surface area contributed by atoms with E-state index >= 15 is 0 Å². The summed E-state index contributed by atoms with van der Waals surface area (Å²) in [6.07, 6.45) is 2.87. The summed E-state index contributed by atoms with van der Waals surface area (Å²) in [4.78, 5) is 4.92. The Morgan fingerprint density at radius 2 is 1.82 bits per heavy atom. The molecule has 2 aromatic rings. The Kier molecular flexibility index (Phi) is 6.93. The number of piperazine rings is 1. The van der Waals surface area contributed by atoms with E-state index in [-0.39, 0.29) is 6.61 Å². The third kappa shape index (κ3) is 5.04. The monoisotopic (exact) mass is 388 g/mol. The van der Waals surface area contributed by atoms with E-state index in [1.54, 1.807) is 14.2 Å². The molecule has 7 heteroatoms. The fourth-order valence-electron chi connectivity index (χ4n) is 3.97. The van der Waals surface area contributed by atoms with Gasteiger partial charge in [0.2, 0.25) is 0 Å². The lowest BCUT2D eigenvalue weighted by Gasteiger charge is -2.41. The van der Waals surface area contributed by atoms with Gasteiger partial charge in [-0.2, -0.15) is 5.10 Å². The molecule has 7 nitrogen and oxygen atoms in total. The van der Waals surface area contributed by atoms with Crippen molar-refractivity contribution in [2.45, 2.75) is 32.5 Å². The van der Waals surface area contributed by atoms with Crippen LogP contribution in [0.15, 0.2) is 24.4 Å². The Bertz CT molecular complexity index is 755. The Labute approximate surface area is 167 Å². The highest BCUT2D eigenvalue weighted by Gasteiger charge is 2.27. The van der Waals surface area contributed by atoms with Gasteiger partial charge in [0.1, 0.15) is 11.5 Å². The molecule has 1 saturated heterocycles. The first kappa shape index (κ1) is 20.6. The maximum absolute atomic E-state index is 9.59. The number of aryl methyl sites for hydroxylation is 2. The summed E-state index contributed by atoms with van der Waals surface area (Å²) >= 11 is 0. The van der Waals surface area contributed by atoms with Crippen LogP contribution in [0.2, 0.25) is 0 Å². The molecule has 3 rings (SSSR count). The van der Waals surface area contributed by atoms with Crippen molar-refractivity contribution in [1.29, 1.82) is 0 Å². The second-order valence-corrected chi connectivity index (χ2v) is 7.51. The number of rotatable bonds is 8. The second-order valence-electron chi connectivity index (χ2n) is 7.51. The number of nitrogens with zero attached hydrogens (tertiary/aromatic N) is 4. The van der Waals surface area contributed by atoms with Crippen LogP contribution in [-0.4, -0.2) is 71.2 Å². The topological polar surface area (TPSA) is 63.0 Å². The summed E-state index contributed by atoms with van der Waals surface area (Å²) in [5.74, 6) is 1.61. The molecular formula is C21H32N4O3. The van der Waals surface area contributed by atoms with E-state index in [1.165, 1.54) is 5.56 Å². The predicted octanol–water partition coefficient (Wildman–Crippen LogP) is 1.81. The van der Waals surface area contributed by atoms with Gasteiger partial charge in [0, 0.05) is 70.2 Å². The van der Waals surface area contributed by atoms with E-state index in [1.807, 2.05) is 17.8 Å². The van der Waals surface area contributed by atoms with Gasteiger partial charge in [0.05, 0.1) is 19.9 Å². The molecule has 0 bridgehead atoms. The van der Waals surface area contributed by atoms with Crippen molar-refractivity contribution in [3.05, 3.63) is 41.2 Å². The van der Waals surface area contributed by atoms with Gasteiger partial charge in [-0.15, -0.1) is 0 Å². The number of hydrogen-bond donors (Lipinski definition) is 1. The van der Waals surface area contributed by atoms with E-state index in [0.29, 0.717) is 6.04 Å². The Morgan fingerprint density at radius 1 is 1.11 bits per heavy atom. The summed E-state index contributed by atoms with van der Waals surface area (Å²) in [7, 11) is 5.31. The summed E-state index contributed by atoms with van der Waals surface area (Å²) in [6, 6.07) is 6.32. The second kappa shape index (κ2) is 9.41. The largest absolute Gasteiger partial charge is 0.497 e. The highest BCUT2D eigenvalue weighted by Crippen LogP contribution is 2.25. The molecule has 1 aromatic carbocycles. The van der Waals surface area contributed by atoms with Crippen molar-refractivity contribution in [3.8, 4) is 11.5 Å². The molecule has 28 heavy (non-hydrogen) atoms. The average Bonchev–Trinajstić information content (AvgIpc) is 3.00. The first-order chi connectivity index (χ1) is 13.5. The summed E-state index contributed by atoms with van der Waals surface area (Å²) in [5.41, 5.74) is 3.53. The summed E-state index contributed by atoms with van der Waals surface area (Å²) in [6.45, 7) is 6.88. The third-order valence-electron chi connectivity index (χ3n) is 5.46. The molecular weight excluding hydrogens is 356 g/mol. The number of aromatic nitrogens is 2. The highest BCUT2D eigenvalue weighted by molar-refractivity contribution is 5.38. The van der Waals surface area contributed by atoms with Gasteiger partial charge in [-0.3, -0.25) is 14.5 Å². The number of ether oxygens (including phenoxy) is 2. The number of hydrogen-bond acceptors (Lipinski definition) is 6. The Hall–Kier alpha value is -2.09. The standard InChI is InChI=1S/C21H32N4O3/c1-16-18(13-23(2)22-16)14-24-6-7-25(19(15-24)5-8-26)12-17-9-20(27-3)11-21(10-17)28-4/h9-11,13,19,26H,5-8,12,14-15H2,1-4H3/t19-/m0/s1. The quantitative estimate of drug-likeness (QED) is 0.744. The zero-order valence-electron chi connectivity index (χ0n) is 17.4. The van der Waals surface area contributed by atoms with Crippen molar-refractivity contribution in [3.63, 3.8) is 0 Å². The van der Waals surface area contributed by atoms with E-state index < -0.39 is 0 Å². The van der Waals surface area contributed by atoms with Gasteiger partial charge in [0.25, 0.3) is 0 Å². The number of aliphatic hydroxyl groups is 1. The summed E-state index contributed by atoms with van der Waals surface area (Å²) < 4.78 is 12.7. The van der Waals surface area contributed by atoms with Gasteiger partial charge in [-0.05, 0) is 31.0 Å². The Morgan fingerprint density at radius 3 is 2.39 bits per heavy atom. The first-order valence-electron chi connectivity index (χ1n) is 9.80. The normalized spacial score (nSPS) is 18.4. The molecule has 1 aliphatic heterocycles. The molecule has 1 N–H and O–H groups in total. The number of aliphatic hydroxyl groups excluding tert-OH is 1. The van der Waals surface area contributed by atoms with Crippen LogP contribution in [-0.2, 0) is 20.1 Å². The van der Waals surface area contributed by atoms with Crippen molar-refractivity contribution in [1.82, 2.24) is 19.6 Å². The van der Waals surface area contributed by atoms with Crippen LogP contribution in [0.1, 0.15) is 23.2 Å². The summed E-state index contributed by atoms with van der Waals surface area (Å²) in [5, 5.41) is 14.0. The van der Waals surface area contributed by atoms with Crippen molar-refractivity contribution >= 4 is 0 Å². The molecule has 0 amide bonds. The van der Waals surface area contributed by atoms with Gasteiger partial charge < -0.3 is 14.6 Å². The van der Waals surface area contributed by atoms with Crippen LogP contribution in [0, 0.1) is 6.92 Å². The Balaban J connectivity index is 1.68. The lowest BCUT2D eigenvalue weighted by molar-refractivity contribution is 0.0498. The van der Waals surface area contributed by atoms with Crippen molar-refractivity contribution in [2.24, 2.45) is 7.05 Å². The molecule has 154 valence electrons. The third-order valence-corrected chi connectivity index (χ3v) is 5.46. The molecule has 0 saturated carbocycles. The lowest BCUT2D eigenvalue weighted by Crippen LogP contribution is -2.52. The van der Waals surface area contributed by atoms with Crippen LogP contribution in [0.5, 0.6) is 11.5 Å². The molecule has 1 fully saturated rings. The molecule has 1 aliphatic rings. The van der Waals surface area contributed by atoms with Crippen LogP contribution in [0.4, 0.5) is 0 Å². The van der Waals surface area contributed by atoms with E-state index in [0.717, 1.165) is 61.9 Å². The van der Waals surface area contributed by atoms with Crippen LogP contribution < -0.4 is 9.47 Å². The molecule has 1 atom stereocenters. The SMILES string of the molecule is COc1cc(CN2CCN(Cc3cn(C)nc3C)C[C@@H]2CCO)cc(OC)c1. The zero-order valence-corrected chi connectivity index (χ0v) is 17.4. The molecule has 0 radical (unpaired) electrons. The van der Waals surface area contributed by atoms with Gasteiger partial charge in [0.15, 0.2) is 0 Å². The van der Waals surface area contributed by atoms with Crippen LogP contribution in [0.3, 0.4) is 0 Å². The van der Waals surface area contributed by atoms with Crippen LogP contribution in [0.25, 0.3) is 0 Å². The lowest BCUT2D eigenvalue weighted by atomic mass is 10.1. The maximum Gasteiger partial charge on any atom is 0.122 e. The van der Waals surface area contributed by atoms with E-state index in [4.69, 9.17) is 9.47 Å². The van der Waals surface area contributed by atoms with Gasteiger partial charge >= 0.3 is 0 Å². The minimum Gasteiger partial charge on any atom is -0.497 e. The molecule has 0 unspecified atom stereocenters. The predicted molar refractivity (Wildman–Crippen MR) is 109 cm³/mol. The highest BCUT2D eigenvalue weighted by atomic mass is 16.5. The number of benzene rings is 1. The van der Waals surface area contributed by atoms with E-state index in [2.05, 4.69) is 40.2 Å².